The molecule has 0 aromatic carbocycles. The van der Waals surface area contributed by atoms with Gasteiger partial charge in [-0.05, 0) is 6.42 Å². The Bertz CT molecular complexity index is 403. The highest BCUT2D eigenvalue weighted by atomic mass is 35.5. The van der Waals surface area contributed by atoms with Crippen LogP contribution < -0.4 is 4.90 Å². The van der Waals surface area contributed by atoms with Gasteiger partial charge in [0, 0.05) is 41.0 Å². The first kappa shape index (κ1) is 11.8. The minimum absolute atomic E-state index is 0.527. The van der Waals surface area contributed by atoms with Crippen molar-refractivity contribution in [1.82, 2.24) is 9.97 Å². The van der Waals surface area contributed by atoms with Crippen LogP contribution in [0.25, 0.3) is 0 Å². The van der Waals surface area contributed by atoms with Gasteiger partial charge in [0.25, 0.3) is 0 Å². The Morgan fingerprint density at radius 1 is 1.44 bits per heavy atom. The number of nitrogens with zero attached hydrogens (tertiary/aromatic N) is 3. The Morgan fingerprint density at radius 2 is 2.12 bits per heavy atom. The highest BCUT2D eigenvalue weighted by Crippen LogP contribution is 2.24. The van der Waals surface area contributed by atoms with Crippen molar-refractivity contribution in [2.75, 3.05) is 29.5 Å². The summed E-state index contributed by atoms with van der Waals surface area (Å²) < 4.78 is 11.3. The van der Waals surface area contributed by atoms with Crippen molar-refractivity contribution in [1.29, 1.82) is 0 Å². The van der Waals surface area contributed by atoms with Crippen LogP contribution in [0, 0.1) is 0 Å². The maximum absolute atomic E-state index is 11.3. The average Bonchev–Trinajstić information content (AvgIpc) is 2.30. The van der Waals surface area contributed by atoms with E-state index < -0.39 is 10.8 Å². The minimum Gasteiger partial charge on any atom is -0.354 e. The van der Waals surface area contributed by atoms with Crippen LogP contribution in [0.5, 0.6) is 0 Å². The van der Waals surface area contributed by atoms with Gasteiger partial charge in [-0.25, -0.2) is 9.97 Å². The summed E-state index contributed by atoms with van der Waals surface area (Å²) in [6.45, 7) is 3.61. The van der Waals surface area contributed by atoms with Crippen LogP contribution in [0.15, 0.2) is 6.33 Å². The zero-order valence-electron chi connectivity index (χ0n) is 9.15. The summed E-state index contributed by atoms with van der Waals surface area (Å²) in [5.41, 5.74) is 0.983. The van der Waals surface area contributed by atoms with Crippen molar-refractivity contribution in [2.24, 2.45) is 0 Å². The summed E-state index contributed by atoms with van der Waals surface area (Å²) in [5.74, 6) is 2.33. The summed E-state index contributed by atoms with van der Waals surface area (Å²) in [6.07, 6.45) is 2.30. The predicted octanol–water partition coefficient (Wildman–Crippen LogP) is 1.26. The first-order valence-electron chi connectivity index (χ1n) is 5.31. The normalized spacial score (nSPS) is 17.8. The summed E-state index contributed by atoms with van der Waals surface area (Å²) in [5, 5.41) is 0.527. The van der Waals surface area contributed by atoms with Crippen LogP contribution in [-0.4, -0.2) is 38.8 Å². The number of rotatable bonds is 2. The SMILES string of the molecule is CCc1c(Cl)ncnc1N1CCS(=O)CC1. The minimum atomic E-state index is -0.667. The molecule has 1 saturated heterocycles. The average molecular weight is 260 g/mol. The smallest absolute Gasteiger partial charge is 0.137 e. The van der Waals surface area contributed by atoms with E-state index in [4.69, 9.17) is 11.6 Å². The topological polar surface area (TPSA) is 46.1 Å². The fourth-order valence-electron chi connectivity index (χ4n) is 1.81. The molecule has 4 nitrogen and oxygen atoms in total. The van der Waals surface area contributed by atoms with Gasteiger partial charge >= 0.3 is 0 Å². The monoisotopic (exact) mass is 259 g/mol. The Morgan fingerprint density at radius 3 is 2.75 bits per heavy atom. The Hall–Kier alpha value is -0.680. The van der Waals surface area contributed by atoms with Crippen molar-refractivity contribution in [2.45, 2.75) is 13.3 Å². The largest absolute Gasteiger partial charge is 0.354 e. The van der Waals surface area contributed by atoms with E-state index in [0.717, 1.165) is 30.9 Å². The molecular weight excluding hydrogens is 246 g/mol. The van der Waals surface area contributed by atoms with E-state index in [2.05, 4.69) is 14.9 Å². The molecule has 1 aromatic rings. The molecular formula is C10H14ClN3OS. The molecule has 0 N–H and O–H groups in total. The van der Waals surface area contributed by atoms with E-state index in [9.17, 15) is 4.21 Å². The summed E-state index contributed by atoms with van der Waals surface area (Å²) in [4.78, 5) is 10.4. The summed E-state index contributed by atoms with van der Waals surface area (Å²) in [6, 6.07) is 0. The molecule has 0 radical (unpaired) electrons. The van der Waals surface area contributed by atoms with Crippen LogP contribution in [0.2, 0.25) is 5.15 Å². The first-order chi connectivity index (χ1) is 7.72. The standard InChI is InChI=1S/C10H14ClN3OS/c1-2-8-9(11)12-7-13-10(8)14-3-5-16(15)6-4-14/h7H,2-6H2,1H3. The van der Waals surface area contributed by atoms with Crippen LogP contribution in [0.1, 0.15) is 12.5 Å². The Labute approximate surface area is 102 Å². The lowest BCUT2D eigenvalue weighted by Crippen LogP contribution is -2.38. The van der Waals surface area contributed by atoms with Crippen LogP contribution >= 0.6 is 11.6 Å². The number of anilines is 1. The molecule has 1 fully saturated rings. The second-order valence-corrected chi connectivity index (χ2v) is 5.71. The molecule has 2 heterocycles. The predicted molar refractivity (Wildman–Crippen MR) is 66.5 cm³/mol. The molecule has 0 bridgehead atoms. The second-order valence-electron chi connectivity index (χ2n) is 3.66. The maximum Gasteiger partial charge on any atom is 0.137 e. The van der Waals surface area contributed by atoms with Crippen molar-refractivity contribution in [3.8, 4) is 0 Å². The second kappa shape index (κ2) is 5.10. The highest BCUT2D eigenvalue weighted by Gasteiger charge is 2.20. The van der Waals surface area contributed by atoms with Gasteiger partial charge in [0.2, 0.25) is 0 Å². The van der Waals surface area contributed by atoms with E-state index in [1.807, 2.05) is 6.92 Å². The maximum atomic E-state index is 11.3. The first-order valence-corrected chi connectivity index (χ1v) is 7.18. The van der Waals surface area contributed by atoms with Gasteiger partial charge in [0.1, 0.15) is 17.3 Å². The molecule has 88 valence electrons. The number of halogens is 1. The molecule has 2 rings (SSSR count). The molecule has 6 heteroatoms. The van der Waals surface area contributed by atoms with Gasteiger partial charge < -0.3 is 4.90 Å². The lowest BCUT2D eigenvalue weighted by atomic mass is 10.2. The number of hydrogen-bond donors (Lipinski definition) is 0. The summed E-state index contributed by atoms with van der Waals surface area (Å²) in [7, 11) is -0.667. The van der Waals surface area contributed by atoms with Crippen LogP contribution in [0.3, 0.4) is 0 Å². The van der Waals surface area contributed by atoms with E-state index >= 15 is 0 Å². The molecule has 1 aliphatic rings. The zero-order chi connectivity index (χ0) is 11.5. The lowest BCUT2D eigenvalue weighted by Gasteiger charge is -2.28. The molecule has 0 amide bonds. The van der Waals surface area contributed by atoms with Crippen molar-refractivity contribution >= 4 is 28.2 Å². The third kappa shape index (κ3) is 2.35. The molecule has 0 atom stereocenters. The quantitative estimate of drug-likeness (QED) is 0.751. The lowest BCUT2D eigenvalue weighted by molar-refractivity contribution is 0.672. The van der Waals surface area contributed by atoms with E-state index in [1.165, 1.54) is 6.33 Å². The van der Waals surface area contributed by atoms with Crippen molar-refractivity contribution in [3.05, 3.63) is 17.0 Å². The molecule has 1 aromatic heterocycles. The van der Waals surface area contributed by atoms with Gasteiger partial charge in [0.05, 0.1) is 0 Å². The molecule has 0 saturated carbocycles. The zero-order valence-corrected chi connectivity index (χ0v) is 10.7. The van der Waals surface area contributed by atoms with E-state index in [1.54, 1.807) is 0 Å². The highest BCUT2D eigenvalue weighted by molar-refractivity contribution is 7.85. The third-order valence-electron chi connectivity index (χ3n) is 2.70. The molecule has 0 spiro atoms. The van der Waals surface area contributed by atoms with Gasteiger partial charge in [-0.15, -0.1) is 0 Å². The fourth-order valence-corrected chi connectivity index (χ4v) is 3.12. The van der Waals surface area contributed by atoms with Gasteiger partial charge in [-0.3, -0.25) is 4.21 Å². The number of aromatic nitrogens is 2. The van der Waals surface area contributed by atoms with Crippen LogP contribution in [0.4, 0.5) is 5.82 Å². The third-order valence-corrected chi connectivity index (χ3v) is 4.30. The Balaban J connectivity index is 2.26. The molecule has 16 heavy (non-hydrogen) atoms. The van der Waals surface area contributed by atoms with Gasteiger partial charge in [-0.1, -0.05) is 18.5 Å². The Kier molecular flexibility index (Phi) is 3.76. The van der Waals surface area contributed by atoms with Crippen molar-refractivity contribution in [3.63, 3.8) is 0 Å². The molecule has 1 aliphatic heterocycles. The van der Waals surface area contributed by atoms with Gasteiger partial charge in [0.15, 0.2) is 0 Å². The van der Waals surface area contributed by atoms with Gasteiger partial charge in [-0.2, -0.15) is 0 Å². The number of hydrogen-bond acceptors (Lipinski definition) is 4. The molecule has 0 aliphatic carbocycles. The molecule has 0 unspecified atom stereocenters. The summed E-state index contributed by atoms with van der Waals surface area (Å²) >= 11 is 6.04. The van der Waals surface area contributed by atoms with E-state index in [-0.39, 0.29) is 0 Å². The van der Waals surface area contributed by atoms with E-state index in [0.29, 0.717) is 16.7 Å². The fraction of sp³-hybridized carbons (Fsp3) is 0.600. The van der Waals surface area contributed by atoms with Crippen molar-refractivity contribution < 1.29 is 4.21 Å². The van der Waals surface area contributed by atoms with Crippen LogP contribution in [-0.2, 0) is 17.2 Å².